The third kappa shape index (κ3) is 24.8. The number of aromatic nitrogens is 8. The van der Waals surface area contributed by atoms with E-state index in [1.54, 1.807) is 0 Å². The molecule has 0 saturated heterocycles. The number of carbonyl (C=O) groups excluding carboxylic acids is 1. The zero-order valence-corrected chi connectivity index (χ0v) is 94.1. The quantitative estimate of drug-likeness (QED) is 0.0148. The third-order valence-corrected chi connectivity index (χ3v) is 29.3. The summed E-state index contributed by atoms with van der Waals surface area (Å²) in [4.78, 5) is 50.2. The van der Waals surface area contributed by atoms with E-state index in [0.717, 1.165) is 103 Å². The van der Waals surface area contributed by atoms with Crippen molar-refractivity contribution in [3.05, 3.63) is 369 Å². The van der Waals surface area contributed by atoms with Crippen molar-refractivity contribution in [2.24, 2.45) is 0 Å². The average molecular weight is 2270 g/mol. The molecule has 12 heteroatoms. The van der Waals surface area contributed by atoms with Gasteiger partial charge in [0.25, 0.3) is 0 Å². The normalized spacial score (nSPS) is 14.2. The first-order chi connectivity index (χ1) is 68.6. The molecule has 18 rings (SSSR count). The van der Waals surface area contributed by atoms with Gasteiger partial charge >= 0.3 is 5.78 Å². The molecule has 2 N–H and O–H groups in total. The van der Waals surface area contributed by atoms with Crippen molar-refractivity contribution in [3.8, 4) is 113 Å². The van der Waals surface area contributed by atoms with Crippen LogP contribution < -0.4 is 0 Å². The van der Waals surface area contributed by atoms with Crippen LogP contribution in [-0.4, -0.2) is 55.6 Å². The molecule has 0 saturated carbocycles. The molecule has 0 unspecified atom stereocenters. The molecule has 145 heavy (non-hydrogen) atoms. The van der Waals surface area contributed by atoms with Gasteiger partial charge in [-0.1, -0.05) is 441 Å². The van der Waals surface area contributed by atoms with Crippen LogP contribution in [0.3, 0.4) is 0 Å². The first kappa shape index (κ1) is 109. The first-order valence-corrected chi connectivity index (χ1v) is 52.9. The molecule has 0 bridgehead atoms. The summed E-state index contributed by atoms with van der Waals surface area (Å²) < 4.78 is 0. The van der Waals surface area contributed by atoms with Crippen molar-refractivity contribution in [3.63, 3.8) is 0 Å². The molecule has 16 aromatic rings. The second-order valence-electron chi connectivity index (χ2n) is 44.5. The van der Waals surface area contributed by atoms with Crippen molar-refractivity contribution in [1.82, 2.24) is 39.9 Å². The molecule has 2 atom stereocenters. The van der Waals surface area contributed by atoms with E-state index >= 15 is 0 Å². The Labute approximate surface area is 891 Å². The van der Waals surface area contributed by atoms with Crippen LogP contribution in [0.2, 0.25) is 0 Å². The van der Waals surface area contributed by atoms with Crippen molar-refractivity contribution in [2.45, 2.75) is 299 Å². The second kappa shape index (κ2) is 47.2. The molecule has 0 fully saturated rings. The van der Waals surface area contributed by atoms with Crippen LogP contribution in [0.4, 0.5) is 0 Å². The monoisotopic (exact) mass is 2270 g/mol. The Balaban J connectivity index is 0.000000213. The van der Waals surface area contributed by atoms with Gasteiger partial charge in [-0.05, 0) is 193 Å². The standard InChI is InChI=1S/2C64H69N4.C5H8O2.2Ir/c2*1-10-12-14-16-22-43-38-44(23-17-15-13-11-2)40-50(39-43)64(9)56-27-21-20-25-52(56)53-37-32-47(41-57(53)64)58-54-26-19-18-24-51(54)55(42-65-58)61-67-59(45-28-33-48(34-29-45)62(3,4)5)66-60(68-61)46-30-35-49(36-31-46)63(6,7)8;1-4(6)3-5(2)7;;/h2*18-21,24-31,33-42H,10-17,22-23H2,1-9H3;3,6H,1-2H3;;/q2*-1;;;/p+1/t2*64-;;;/m00.../s1. The van der Waals surface area contributed by atoms with Crippen LogP contribution >= 0.6 is 0 Å². The van der Waals surface area contributed by atoms with E-state index in [1.165, 1.54) is 223 Å². The number of aliphatic hydroxyl groups excluding tert-OH is 1. The fourth-order valence-electron chi connectivity index (χ4n) is 20.9. The number of rotatable bonds is 31. The van der Waals surface area contributed by atoms with E-state index < -0.39 is 0 Å². The van der Waals surface area contributed by atoms with E-state index in [0.29, 0.717) is 34.9 Å². The number of ketones is 1. The second-order valence-corrected chi connectivity index (χ2v) is 44.5. The van der Waals surface area contributed by atoms with Crippen molar-refractivity contribution in [2.75, 3.05) is 0 Å². The fourth-order valence-corrected chi connectivity index (χ4v) is 20.9. The predicted octanol–water partition coefficient (Wildman–Crippen LogP) is 35.1. The number of aliphatic hydroxyl groups is 1. The number of aryl methyl sites for hydroxylation is 4. The molecular formula is C133H147Ir2N8O2-. The van der Waals surface area contributed by atoms with Gasteiger partial charge in [-0.25, -0.2) is 29.9 Å². The number of hydrogen-bond acceptors (Lipinski definition) is 9. The van der Waals surface area contributed by atoms with Crippen LogP contribution in [0.5, 0.6) is 0 Å². The third-order valence-electron chi connectivity index (χ3n) is 29.3. The van der Waals surface area contributed by atoms with Gasteiger partial charge in [-0.2, -0.15) is 0 Å². The topological polar surface area (TPSA) is 145 Å². The molecule has 0 amide bonds. The molecule has 10 nitrogen and oxygen atoms in total. The zero-order valence-electron chi connectivity index (χ0n) is 89.3. The summed E-state index contributed by atoms with van der Waals surface area (Å²) in [6.45, 7) is 44.0. The van der Waals surface area contributed by atoms with E-state index in [2.05, 4.69) is 392 Å². The first-order valence-electron chi connectivity index (χ1n) is 52.9. The summed E-state index contributed by atoms with van der Waals surface area (Å²) in [6, 6.07) is 102. The van der Waals surface area contributed by atoms with Crippen molar-refractivity contribution < 1.29 is 50.1 Å². The largest absolute Gasteiger partial charge is 0.512 e. The maximum absolute atomic E-state index is 8.40. The Morgan fingerprint density at radius 2 is 0.579 bits per heavy atom. The molecule has 2 radical (unpaired) electrons. The number of pyridine rings is 2. The minimum Gasteiger partial charge on any atom is -0.512 e. The van der Waals surface area contributed by atoms with Gasteiger partial charge in [0.15, 0.2) is 34.9 Å². The molecular weight excluding hydrogens is 2130 g/mol. The van der Waals surface area contributed by atoms with Gasteiger partial charge in [0.1, 0.15) is 0 Å². The molecule has 12 aromatic carbocycles. The Morgan fingerprint density at radius 1 is 0.310 bits per heavy atom. The Bertz CT molecular complexity index is 6620. The predicted molar refractivity (Wildman–Crippen MR) is 601 cm³/mol. The minimum atomic E-state index is -0.350. The number of nitrogens with zero attached hydrogens (tertiary/aromatic N) is 8. The van der Waals surface area contributed by atoms with Crippen LogP contribution in [0.1, 0.15) is 319 Å². The number of hydrogen-bond donors (Lipinski definition) is 1. The molecule has 4 aromatic heterocycles. The van der Waals surface area contributed by atoms with Crippen LogP contribution in [0.25, 0.3) is 135 Å². The van der Waals surface area contributed by atoms with Gasteiger partial charge in [0, 0.05) is 96.8 Å². The van der Waals surface area contributed by atoms with Crippen molar-refractivity contribution >= 4 is 27.3 Å². The van der Waals surface area contributed by atoms with Gasteiger partial charge in [-0.15, -0.1) is 58.7 Å². The van der Waals surface area contributed by atoms with Gasteiger partial charge in [0.05, 0.1) is 18.8 Å². The van der Waals surface area contributed by atoms with E-state index in [4.69, 9.17) is 49.8 Å². The van der Waals surface area contributed by atoms with Crippen LogP contribution in [0, 0.1) is 12.1 Å². The Kier molecular flexibility index (Phi) is 35.4. The van der Waals surface area contributed by atoms with Gasteiger partial charge < -0.3 is 15.1 Å². The van der Waals surface area contributed by atoms with E-state index in [9.17, 15) is 0 Å². The van der Waals surface area contributed by atoms with Crippen molar-refractivity contribution in [1.29, 1.82) is 0 Å². The number of fused-ring (bicyclic) bond motifs is 8. The summed E-state index contributed by atoms with van der Waals surface area (Å²) in [5.74, 6) is 4.00. The summed E-state index contributed by atoms with van der Waals surface area (Å²) in [7, 11) is 0. The zero-order chi connectivity index (χ0) is 101. The van der Waals surface area contributed by atoms with E-state index in [1.807, 2.05) is 12.4 Å². The fraction of sp³-hybridized carbons (Fsp3) is 0.346. The molecule has 750 valence electrons. The summed E-state index contributed by atoms with van der Waals surface area (Å²) in [5.41, 5.74) is 32.8. The maximum atomic E-state index is 8.40. The number of benzene rings is 12. The molecule has 4 heterocycles. The Hall–Kier alpha value is -12.0. The molecule has 0 spiro atoms. The molecule has 0 aliphatic heterocycles. The summed E-state index contributed by atoms with van der Waals surface area (Å²) in [5, 5.41) is 12.6. The van der Waals surface area contributed by atoms with Crippen LogP contribution in [0.15, 0.2) is 279 Å². The Morgan fingerprint density at radius 3 is 0.841 bits per heavy atom. The smallest absolute Gasteiger partial charge is 0.316 e. The summed E-state index contributed by atoms with van der Waals surface area (Å²) in [6.07, 6.45) is 29.9. The summed E-state index contributed by atoms with van der Waals surface area (Å²) >= 11 is 0. The van der Waals surface area contributed by atoms with Gasteiger partial charge in [-0.3, -0.25) is 4.79 Å². The molecule has 2 aliphatic rings. The minimum absolute atomic E-state index is 0. The van der Waals surface area contributed by atoms with Crippen LogP contribution in [-0.2, 0) is 98.4 Å². The maximum Gasteiger partial charge on any atom is 0.316 e. The number of unbranched alkanes of at least 4 members (excludes halogenated alkanes) is 12. The number of allylic oxidation sites excluding steroid dienone is 2. The van der Waals surface area contributed by atoms with E-state index in [-0.39, 0.29) is 84.2 Å². The average Bonchev–Trinajstić information content (AvgIpc) is 1.56. The molecule has 2 aliphatic carbocycles. The van der Waals surface area contributed by atoms with Gasteiger partial charge in [0.2, 0.25) is 0 Å². The SMILES string of the molecule is CC(=[OH+])C=C(C)O.CCCCCCc1cc(CCCCCC)cc([C@@]2(C)c3ccccc3-c3c[c-]c(-c4ncc(-c5nc(-c6ccc(C(C)(C)C)cc6)nc(-c6ccc(C(C)(C)C)cc6)n5)c5ccccc45)cc32)c1.CCCCCCc1cc(CCCCCC)cc([C@@]2(C)c3ccccc3-c3c[c-]c(-c4ncc(-c5nc(-c6ccc(C(C)(C)C)cc6)nc(-c6ccc(C(C)(C)C)cc6)n5)c5ccccc45)cc32)c1.[Ir].[Ir].